The van der Waals surface area contributed by atoms with Gasteiger partial charge in [-0.05, 0) is 75.6 Å². The number of hydrogen-bond acceptors (Lipinski definition) is 4. The lowest BCUT2D eigenvalue weighted by Crippen LogP contribution is -2.17. The molecule has 1 unspecified atom stereocenters. The van der Waals surface area contributed by atoms with E-state index in [1.54, 1.807) is 30.3 Å². The Morgan fingerprint density at radius 2 is 2.03 bits per heavy atom. The second-order valence-electron chi connectivity index (χ2n) is 7.33. The smallest absolute Gasteiger partial charge is 0.266 e. The van der Waals surface area contributed by atoms with Crippen molar-refractivity contribution in [3.8, 4) is 6.07 Å². The molecule has 1 saturated heterocycles. The zero-order chi connectivity index (χ0) is 21.0. The number of ketones is 1. The molecule has 1 N–H and O–H groups in total. The maximum absolute atomic E-state index is 12.6. The van der Waals surface area contributed by atoms with Crippen LogP contribution in [0.3, 0.4) is 0 Å². The number of ether oxygens (including phenoxy) is 1. The highest BCUT2D eigenvalue weighted by Crippen LogP contribution is 2.22. The van der Waals surface area contributed by atoms with Crippen molar-refractivity contribution >= 4 is 23.5 Å². The molecule has 0 spiro atoms. The van der Waals surface area contributed by atoms with Gasteiger partial charge in [0.15, 0.2) is 5.78 Å². The van der Waals surface area contributed by atoms with Crippen LogP contribution >= 0.6 is 0 Å². The minimum absolute atomic E-state index is 0.0259. The van der Waals surface area contributed by atoms with Gasteiger partial charge in [-0.3, -0.25) is 9.59 Å². The molecule has 2 aromatic rings. The van der Waals surface area contributed by atoms with Crippen molar-refractivity contribution in [1.29, 1.82) is 5.26 Å². The summed E-state index contributed by atoms with van der Waals surface area (Å²) in [6.07, 6.45) is 3.97. The van der Waals surface area contributed by atoms with E-state index < -0.39 is 5.91 Å². The Kier molecular flexibility index (Phi) is 6.30. The Labute approximate surface area is 170 Å². The molecule has 1 aromatic heterocycles. The standard InChI is InChI=1S/C23H25N3O3/c1-15-11-19(16(2)26(15)14-22-5-4-10-29-22)12-20(13-24)23(28)25-21-8-6-18(7-9-21)17(3)27/h6-9,11-12,22H,4-5,10,14H2,1-3H3,(H,25,28)/b20-12+. The number of nitrogens with one attached hydrogen (secondary N) is 1. The van der Waals surface area contributed by atoms with Crippen molar-refractivity contribution in [3.63, 3.8) is 0 Å². The van der Waals surface area contributed by atoms with Gasteiger partial charge in [-0.1, -0.05) is 0 Å². The number of hydrogen-bond donors (Lipinski definition) is 1. The molecule has 6 nitrogen and oxygen atoms in total. The first kappa shape index (κ1) is 20.6. The van der Waals surface area contributed by atoms with E-state index in [1.807, 2.05) is 26.0 Å². The Balaban J connectivity index is 1.77. The highest BCUT2D eigenvalue weighted by molar-refractivity contribution is 6.09. The molecule has 1 amide bonds. The van der Waals surface area contributed by atoms with E-state index in [0.29, 0.717) is 11.3 Å². The van der Waals surface area contributed by atoms with E-state index in [4.69, 9.17) is 4.74 Å². The first-order valence-corrected chi connectivity index (χ1v) is 9.71. The average molecular weight is 391 g/mol. The van der Waals surface area contributed by atoms with Crippen molar-refractivity contribution in [2.45, 2.75) is 46.3 Å². The number of carbonyl (C=O) groups is 2. The van der Waals surface area contributed by atoms with Crippen LogP contribution in [0.2, 0.25) is 0 Å². The van der Waals surface area contributed by atoms with Gasteiger partial charge in [-0.15, -0.1) is 0 Å². The minimum Gasteiger partial charge on any atom is -0.376 e. The van der Waals surface area contributed by atoms with Crippen LogP contribution in [0.4, 0.5) is 5.69 Å². The van der Waals surface area contributed by atoms with Crippen LogP contribution in [0, 0.1) is 25.2 Å². The maximum Gasteiger partial charge on any atom is 0.266 e. The summed E-state index contributed by atoms with van der Waals surface area (Å²) in [6.45, 7) is 7.08. The number of Topliss-reactive ketones (excluding diaryl/α,β-unsaturated/α-hetero) is 1. The van der Waals surface area contributed by atoms with Gasteiger partial charge < -0.3 is 14.6 Å². The van der Waals surface area contributed by atoms with Crippen molar-refractivity contribution < 1.29 is 14.3 Å². The minimum atomic E-state index is -0.480. The van der Waals surface area contributed by atoms with Crippen LogP contribution in [-0.4, -0.2) is 29.0 Å². The van der Waals surface area contributed by atoms with Gasteiger partial charge in [0, 0.05) is 35.8 Å². The van der Waals surface area contributed by atoms with Gasteiger partial charge in [0.2, 0.25) is 0 Å². The Morgan fingerprint density at radius 1 is 1.31 bits per heavy atom. The second kappa shape index (κ2) is 8.89. The summed E-state index contributed by atoms with van der Waals surface area (Å²) in [5.74, 6) is -0.522. The van der Waals surface area contributed by atoms with Crippen molar-refractivity contribution in [1.82, 2.24) is 4.57 Å². The molecule has 150 valence electrons. The largest absolute Gasteiger partial charge is 0.376 e. The number of rotatable bonds is 6. The topological polar surface area (TPSA) is 84.1 Å². The first-order chi connectivity index (χ1) is 13.9. The molecule has 29 heavy (non-hydrogen) atoms. The second-order valence-corrected chi connectivity index (χ2v) is 7.33. The predicted octanol–water partition coefficient (Wildman–Crippen LogP) is 4.03. The molecule has 0 aliphatic carbocycles. The van der Waals surface area contributed by atoms with Gasteiger partial charge in [0.05, 0.1) is 6.10 Å². The van der Waals surface area contributed by atoms with Crippen LogP contribution < -0.4 is 5.32 Å². The van der Waals surface area contributed by atoms with Crippen molar-refractivity contribution in [2.24, 2.45) is 0 Å². The third kappa shape index (κ3) is 4.82. The lowest BCUT2D eigenvalue weighted by molar-refractivity contribution is -0.112. The Hall–Kier alpha value is -3.17. The SMILES string of the molecule is CC(=O)c1ccc(NC(=O)/C(C#N)=C/c2cc(C)n(CC3CCCO3)c2C)cc1. The van der Waals surface area contributed by atoms with E-state index in [9.17, 15) is 14.9 Å². The summed E-state index contributed by atoms with van der Waals surface area (Å²) < 4.78 is 7.91. The number of benzene rings is 1. The highest BCUT2D eigenvalue weighted by Gasteiger charge is 2.19. The number of aromatic nitrogens is 1. The van der Waals surface area contributed by atoms with Crippen LogP contribution in [0.25, 0.3) is 6.08 Å². The predicted molar refractivity (Wildman–Crippen MR) is 112 cm³/mol. The number of amides is 1. The van der Waals surface area contributed by atoms with E-state index >= 15 is 0 Å². The van der Waals surface area contributed by atoms with Gasteiger partial charge in [-0.25, -0.2) is 0 Å². The van der Waals surface area contributed by atoms with Gasteiger partial charge in [-0.2, -0.15) is 5.26 Å². The third-order valence-corrected chi connectivity index (χ3v) is 5.24. The monoisotopic (exact) mass is 391 g/mol. The number of carbonyl (C=O) groups excluding carboxylic acids is 2. The summed E-state index contributed by atoms with van der Waals surface area (Å²) in [6, 6.07) is 10.6. The zero-order valence-electron chi connectivity index (χ0n) is 17.0. The lowest BCUT2D eigenvalue weighted by Gasteiger charge is -2.14. The summed E-state index contributed by atoms with van der Waals surface area (Å²) in [5.41, 5.74) is 4.05. The molecule has 1 aliphatic rings. The molecule has 0 bridgehead atoms. The molecule has 3 rings (SSSR count). The quantitative estimate of drug-likeness (QED) is 0.458. The zero-order valence-corrected chi connectivity index (χ0v) is 17.0. The lowest BCUT2D eigenvalue weighted by atomic mass is 10.1. The maximum atomic E-state index is 12.6. The molecule has 1 atom stereocenters. The van der Waals surface area contributed by atoms with E-state index in [0.717, 1.165) is 42.9 Å². The fraction of sp³-hybridized carbons (Fsp3) is 0.348. The van der Waals surface area contributed by atoms with Crippen LogP contribution in [-0.2, 0) is 16.1 Å². The number of nitriles is 1. The van der Waals surface area contributed by atoms with Gasteiger partial charge >= 0.3 is 0 Å². The third-order valence-electron chi connectivity index (χ3n) is 5.24. The van der Waals surface area contributed by atoms with Crippen molar-refractivity contribution in [2.75, 3.05) is 11.9 Å². The Morgan fingerprint density at radius 3 is 2.62 bits per heavy atom. The summed E-state index contributed by atoms with van der Waals surface area (Å²) in [5, 5.41) is 12.2. The average Bonchev–Trinajstić information content (AvgIpc) is 3.30. The molecule has 1 aromatic carbocycles. The fourth-order valence-corrected chi connectivity index (χ4v) is 3.54. The molecule has 1 fully saturated rings. The summed E-state index contributed by atoms with van der Waals surface area (Å²) in [7, 11) is 0. The summed E-state index contributed by atoms with van der Waals surface area (Å²) in [4.78, 5) is 23.9. The van der Waals surface area contributed by atoms with Crippen LogP contribution in [0.15, 0.2) is 35.9 Å². The van der Waals surface area contributed by atoms with Crippen LogP contribution in [0.5, 0.6) is 0 Å². The molecule has 1 aliphatic heterocycles. The van der Waals surface area contributed by atoms with Gasteiger partial charge in [0.25, 0.3) is 5.91 Å². The first-order valence-electron chi connectivity index (χ1n) is 9.71. The van der Waals surface area contributed by atoms with Crippen molar-refractivity contribution in [3.05, 3.63) is 58.4 Å². The number of nitrogens with zero attached hydrogens (tertiary/aromatic N) is 2. The van der Waals surface area contributed by atoms with Gasteiger partial charge in [0.1, 0.15) is 11.6 Å². The molecular weight excluding hydrogens is 366 g/mol. The molecule has 0 saturated carbocycles. The number of aryl methyl sites for hydroxylation is 1. The summed E-state index contributed by atoms with van der Waals surface area (Å²) >= 11 is 0. The molecule has 2 heterocycles. The van der Waals surface area contributed by atoms with E-state index in [1.165, 1.54) is 6.92 Å². The molecular formula is C23H25N3O3. The molecule has 6 heteroatoms. The van der Waals surface area contributed by atoms with E-state index in [-0.39, 0.29) is 17.5 Å². The molecule has 0 radical (unpaired) electrons. The number of anilines is 1. The normalized spacial score (nSPS) is 16.5. The van der Waals surface area contributed by atoms with E-state index in [2.05, 4.69) is 9.88 Å². The highest BCUT2D eigenvalue weighted by atomic mass is 16.5. The Bertz CT molecular complexity index is 988. The van der Waals surface area contributed by atoms with Crippen LogP contribution in [0.1, 0.15) is 47.1 Å². The fourth-order valence-electron chi connectivity index (χ4n) is 3.54.